The van der Waals surface area contributed by atoms with Crippen molar-refractivity contribution in [3.63, 3.8) is 0 Å². The first-order valence-electron chi connectivity index (χ1n) is 5.87. The van der Waals surface area contributed by atoms with Crippen molar-refractivity contribution >= 4 is 33.5 Å². The molecule has 0 fully saturated rings. The summed E-state index contributed by atoms with van der Waals surface area (Å²) >= 11 is 9.65. The van der Waals surface area contributed by atoms with E-state index in [0.717, 1.165) is 34.8 Å². The van der Waals surface area contributed by atoms with Crippen LogP contribution in [0.25, 0.3) is 5.69 Å². The van der Waals surface area contributed by atoms with E-state index >= 15 is 0 Å². The second-order valence-electron chi connectivity index (χ2n) is 4.08. The number of rotatable bonds is 4. The topological polar surface area (TPSA) is 29.9 Å². The van der Waals surface area contributed by atoms with Crippen LogP contribution in [0, 0.1) is 6.92 Å². The molecule has 0 unspecified atom stereocenters. The third-order valence-corrected chi connectivity index (χ3v) is 3.93. The van der Waals surface area contributed by atoms with Crippen LogP contribution in [0.3, 0.4) is 0 Å². The summed E-state index contributed by atoms with van der Waals surface area (Å²) in [4.78, 5) is 4.48. The minimum absolute atomic E-state index is 0.695. The predicted molar refractivity (Wildman–Crippen MR) is 79.8 cm³/mol. The van der Waals surface area contributed by atoms with Crippen molar-refractivity contribution in [1.82, 2.24) is 9.55 Å². The van der Waals surface area contributed by atoms with Crippen molar-refractivity contribution in [2.45, 2.75) is 20.3 Å². The van der Waals surface area contributed by atoms with Crippen LogP contribution in [0.5, 0.6) is 0 Å². The van der Waals surface area contributed by atoms with E-state index in [4.69, 9.17) is 11.6 Å². The Labute approximate surface area is 120 Å². The Balaban J connectivity index is 2.46. The van der Waals surface area contributed by atoms with Gasteiger partial charge in [-0.1, -0.05) is 24.6 Å². The van der Waals surface area contributed by atoms with E-state index in [-0.39, 0.29) is 0 Å². The molecule has 96 valence electrons. The third-order valence-electron chi connectivity index (χ3n) is 2.55. The smallest absolute Gasteiger partial charge is 0.207 e. The van der Waals surface area contributed by atoms with Crippen LogP contribution in [0.2, 0.25) is 5.02 Å². The normalized spacial score (nSPS) is 10.7. The van der Waals surface area contributed by atoms with Crippen LogP contribution in [0.1, 0.15) is 19.0 Å². The monoisotopic (exact) mass is 327 g/mol. The second kappa shape index (κ2) is 5.76. The molecule has 0 saturated heterocycles. The van der Waals surface area contributed by atoms with Gasteiger partial charge in [0.15, 0.2) is 0 Å². The van der Waals surface area contributed by atoms with Crippen LogP contribution >= 0.6 is 27.5 Å². The summed E-state index contributed by atoms with van der Waals surface area (Å²) in [6.07, 6.45) is 3.05. The molecular weight excluding hydrogens is 314 g/mol. The summed E-state index contributed by atoms with van der Waals surface area (Å²) in [5, 5.41) is 4.01. The maximum absolute atomic E-state index is 6.13. The van der Waals surface area contributed by atoms with Gasteiger partial charge >= 0.3 is 0 Å². The highest BCUT2D eigenvalue weighted by atomic mass is 79.9. The highest BCUT2D eigenvalue weighted by Crippen LogP contribution is 2.30. The lowest BCUT2D eigenvalue weighted by atomic mass is 10.3. The molecule has 0 radical (unpaired) electrons. The maximum atomic E-state index is 6.13. The molecule has 0 saturated carbocycles. The Kier molecular flexibility index (Phi) is 4.30. The van der Waals surface area contributed by atoms with Gasteiger partial charge in [-0.3, -0.25) is 4.57 Å². The first-order chi connectivity index (χ1) is 8.63. The molecule has 0 aliphatic carbocycles. The first kappa shape index (κ1) is 13.4. The highest BCUT2D eigenvalue weighted by Gasteiger charge is 2.11. The summed E-state index contributed by atoms with van der Waals surface area (Å²) in [6.45, 7) is 5.00. The number of imidazole rings is 1. The van der Waals surface area contributed by atoms with E-state index in [1.54, 1.807) is 0 Å². The van der Waals surface area contributed by atoms with Crippen molar-refractivity contribution in [3.8, 4) is 5.69 Å². The molecule has 1 N–H and O–H groups in total. The molecule has 0 spiro atoms. The number of halogens is 2. The van der Waals surface area contributed by atoms with Crippen LogP contribution < -0.4 is 5.32 Å². The van der Waals surface area contributed by atoms with Crippen molar-refractivity contribution in [1.29, 1.82) is 0 Å². The Morgan fingerprint density at radius 2 is 2.22 bits per heavy atom. The molecule has 1 heterocycles. The third kappa shape index (κ3) is 2.70. The number of benzene rings is 1. The average Bonchev–Trinajstić information content (AvgIpc) is 2.71. The summed E-state index contributed by atoms with van der Waals surface area (Å²) in [6, 6.07) is 5.80. The van der Waals surface area contributed by atoms with Gasteiger partial charge in [0.25, 0.3) is 0 Å². The number of hydrogen-bond donors (Lipinski definition) is 1. The molecule has 0 amide bonds. The molecule has 5 heteroatoms. The number of nitrogens with zero attached hydrogens (tertiary/aromatic N) is 2. The lowest BCUT2D eigenvalue weighted by Crippen LogP contribution is -2.07. The van der Waals surface area contributed by atoms with E-state index < -0.39 is 0 Å². The standard InChI is InChI=1S/C13H15BrClN3/c1-3-7-16-13-17-9(2)8-18(13)11-6-4-5-10(15)12(11)14/h4-6,8H,3,7H2,1-2H3,(H,16,17). The Hall–Kier alpha value is -1.000. The molecule has 0 aliphatic heterocycles. The first-order valence-corrected chi connectivity index (χ1v) is 7.04. The van der Waals surface area contributed by atoms with Gasteiger partial charge < -0.3 is 5.32 Å². The Bertz CT molecular complexity index is 551. The minimum Gasteiger partial charge on any atom is -0.355 e. The van der Waals surface area contributed by atoms with Crippen LogP contribution in [-0.2, 0) is 0 Å². The number of hydrogen-bond acceptors (Lipinski definition) is 2. The van der Waals surface area contributed by atoms with Gasteiger partial charge in [-0.05, 0) is 41.4 Å². The van der Waals surface area contributed by atoms with E-state index in [1.165, 1.54) is 0 Å². The Morgan fingerprint density at radius 3 is 2.94 bits per heavy atom. The van der Waals surface area contributed by atoms with Crippen molar-refractivity contribution in [2.75, 3.05) is 11.9 Å². The molecule has 3 nitrogen and oxygen atoms in total. The number of anilines is 1. The fraction of sp³-hybridized carbons (Fsp3) is 0.308. The largest absolute Gasteiger partial charge is 0.355 e. The highest BCUT2D eigenvalue weighted by molar-refractivity contribution is 9.10. The van der Waals surface area contributed by atoms with Gasteiger partial charge in [-0.25, -0.2) is 4.98 Å². The number of aromatic nitrogens is 2. The zero-order valence-electron chi connectivity index (χ0n) is 10.4. The van der Waals surface area contributed by atoms with Crippen LogP contribution in [-0.4, -0.2) is 16.1 Å². The quantitative estimate of drug-likeness (QED) is 0.900. The van der Waals surface area contributed by atoms with E-state index in [2.05, 4.69) is 33.2 Å². The van der Waals surface area contributed by atoms with Crippen molar-refractivity contribution < 1.29 is 0 Å². The van der Waals surface area contributed by atoms with E-state index in [0.29, 0.717) is 5.02 Å². The van der Waals surface area contributed by atoms with Gasteiger partial charge in [-0.2, -0.15) is 0 Å². The zero-order valence-corrected chi connectivity index (χ0v) is 12.7. The summed E-state index contributed by atoms with van der Waals surface area (Å²) in [5.41, 5.74) is 1.96. The molecule has 0 atom stereocenters. The van der Waals surface area contributed by atoms with Gasteiger partial charge in [0.1, 0.15) is 0 Å². The van der Waals surface area contributed by atoms with Crippen LogP contribution in [0.4, 0.5) is 5.95 Å². The van der Waals surface area contributed by atoms with Gasteiger partial charge in [0.05, 0.1) is 20.9 Å². The Morgan fingerprint density at radius 1 is 1.44 bits per heavy atom. The van der Waals surface area contributed by atoms with E-state index in [1.807, 2.05) is 35.9 Å². The fourth-order valence-electron chi connectivity index (χ4n) is 1.72. The molecule has 2 rings (SSSR count). The summed E-state index contributed by atoms with van der Waals surface area (Å²) in [7, 11) is 0. The lowest BCUT2D eigenvalue weighted by molar-refractivity contribution is 0.935. The average molecular weight is 329 g/mol. The van der Waals surface area contributed by atoms with Crippen LogP contribution in [0.15, 0.2) is 28.9 Å². The van der Waals surface area contributed by atoms with Gasteiger partial charge in [0.2, 0.25) is 5.95 Å². The fourth-order valence-corrected chi connectivity index (χ4v) is 2.35. The molecule has 18 heavy (non-hydrogen) atoms. The molecule has 0 aliphatic rings. The van der Waals surface area contributed by atoms with Gasteiger partial charge in [0, 0.05) is 12.7 Å². The van der Waals surface area contributed by atoms with Crippen molar-refractivity contribution in [3.05, 3.63) is 39.6 Å². The second-order valence-corrected chi connectivity index (χ2v) is 5.28. The summed E-state index contributed by atoms with van der Waals surface area (Å²) < 4.78 is 2.89. The lowest BCUT2D eigenvalue weighted by Gasteiger charge is -2.11. The zero-order chi connectivity index (χ0) is 13.1. The number of nitrogens with one attached hydrogen (secondary N) is 1. The SMILES string of the molecule is CCCNc1nc(C)cn1-c1cccc(Cl)c1Br. The summed E-state index contributed by atoms with van der Waals surface area (Å²) in [5.74, 6) is 0.845. The van der Waals surface area contributed by atoms with Gasteiger partial charge in [-0.15, -0.1) is 0 Å². The molecule has 1 aromatic carbocycles. The molecule has 0 bridgehead atoms. The predicted octanol–water partition coefficient (Wildman–Crippen LogP) is 4.42. The number of aryl methyl sites for hydroxylation is 1. The molecule has 1 aromatic heterocycles. The van der Waals surface area contributed by atoms with E-state index in [9.17, 15) is 0 Å². The molecule has 2 aromatic rings. The minimum atomic E-state index is 0.695. The molecular formula is C13H15BrClN3. The maximum Gasteiger partial charge on any atom is 0.207 e. The van der Waals surface area contributed by atoms with Crippen molar-refractivity contribution in [2.24, 2.45) is 0 Å².